The summed E-state index contributed by atoms with van der Waals surface area (Å²) in [6.07, 6.45) is 18.6. The minimum absolute atomic E-state index is 0.0153. The molecule has 1 N–H and O–H groups in total. The lowest BCUT2D eigenvalue weighted by Crippen LogP contribution is -2.67. The van der Waals surface area contributed by atoms with Crippen LogP contribution in [0.1, 0.15) is 137 Å². The van der Waals surface area contributed by atoms with Gasteiger partial charge in [-0.05, 0) is 173 Å². The van der Waals surface area contributed by atoms with Crippen LogP contribution in [-0.2, 0) is 17.9 Å². The summed E-state index contributed by atoms with van der Waals surface area (Å²) in [7, 11) is 0. The summed E-state index contributed by atoms with van der Waals surface area (Å²) in [6.45, 7) is 25.0. The quantitative estimate of drug-likeness (QED) is 0.307. The molecular formula is C44H69N3O2. The van der Waals surface area contributed by atoms with Crippen LogP contribution in [0.15, 0.2) is 30.5 Å². The highest BCUT2D eigenvalue weighted by molar-refractivity contribution is 5.84. The number of carbonyl (C=O) groups excluding carboxylic acids is 1. The average molecular weight is 672 g/mol. The zero-order valence-electron chi connectivity index (χ0n) is 32.1. The van der Waals surface area contributed by atoms with Gasteiger partial charge in [0.05, 0.1) is 11.5 Å². The van der Waals surface area contributed by atoms with Gasteiger partial charge >= 0.3 is 0 Å². The fraction of sp³-hybridized carbons (Fsp3) is 0.841. The molecule has 0 radical (unpaired) electrons. The predicted octanol–water partition coefficient (Wildman–Crippen LogP) is 9.09. The number of aliphatic hydroxyl groups is 1. The molecule has 5 aliphatic carbocycles. The molecule has 0 spiro atoms. The van der Waals surface area contributed by atoms with Crippen molar-refractivity contribution in [3.63, 3.8) is 0 Å². The Kier molecular flexibility index (Phi) is 8.43. The highest BCUT2D eigenvalue weighted by Gasteiger charge is 2.72. The Morgan fingerprint density at radius 2 is 1.63 bits per heavy atom. The van der Waals surface area contributed by atoms with Gasteiger partial charge in [0.1, 0.15) is 0 Å². The van der Waals surface area contributed by atoms with Crippen molar-refractivity contribution in [1.29, 1.82) is 0 Å². The highest BCUT2D eigenvalue weighted by atomic mass is 16.3. The van der Waals surface area contributed by atoms with Crippen molar-refractivity contribution in [2.45, 2.75) is 157 Å². The van der Waals surface area contributed by atoms with E-state index in [0.29, 0.717) is 41.5 Å². The number of amides is 1. The van der Waals surface area contributed by atoms with Crippen LogP contribution in [0, 0.1) is 56.7 Å². The standard InChI is InChI=1S/C44H69N3O2/c1-30(2)33-16-21-44(39(49)47-27-11-13-32(47)29-46-26-10-12-31(46)28-45-24-8-9-25-45)23-22-42(6)34(38(33)44)14-15-36-41(5)19-18-37(48)40(3,4)35(41)17-20-43(36,42)7/h10,12,26,32-38,48H,1,8-9,11,13-25,27-29H2,2-7H3/t32-,33-,34+,35-,36+,37-,38+,41-,42+,43+,44-/m0/s1. The van der Waals surface area contributed by atoms with E-state index in [4.69, 9.17) is 0 Å². The Morgan fingerprint density at radius 3 is 2.39 bits per heavy atom. The van der Waals surface area contributed by atoms with Crippen molar-refractivity contribution in [2.75, 3.05) is 19.6 Å². The third-order valence-corrected chi connectivity index (χ3v) is 18.0. The van der Waals surface area contributed by atoms with Crippen molar-refractivity contribution < 1.29 is 9.90 Å². The summed E-state index contributed by atoms with van der Waals surface area (Å²) < 4.78 is 2.48. The Balaban J connectivity index is 1.08. The molecule has 7 aliphatic rings. The molecule has 49 heavy (non-hydrogen) atoms. The Labute approximate surface area is 298 Å². The Bertz CT molecular complexity index is 1440. The SMILES string of the molecule is C=C(C)[C@@H]1CC[C@]2(C(=O)N3CCC[C@H]3Cn3cccc3CN3CCCC3)CC[C@]3(C)[C@H](CC[C@@H]4[C@@]5(C)CC[C@H](O)C(C)(C)[C@@H]5CC[C@]43C)[C@@H]12. The number of fused-ring (bicyclic) bond motifs is 7. The van der Waals surface area contributed by atoms with E-state index in [-0.39, 0.29) is 33.2 Å². The second kappa shape index (κ2) is 12.0. The van der Waals surface area contributed by atoms with E-state index in [1.165, 1.54) is 75.7 Å². The number of hydrogen-bond acceptors (Lipinski definition) is 3. The summed E-state index contributed by atoms with van der Waals surface area (Å²) in [5.74, 6) is 3.26. The van der Waals surface area contributed by atoms with E-state index < -0.39 is 0 Å². The van der Waals surface area contributed by atoms with E-state index >= 15 is 4.79 Å². The molecule has 2 saturated heterocycles. The van der Waals surface area contributed by atoms with Gasteiger partial charge < -0.3 is 14.6 Å². The number of likely N-dealkylation sites (tertiary alicyclic amines) is 2. The van der Waals surface area contributed by atoms with E-state index in [0.717, 1.165) is 58.2 Å². The second-order valence-electron chi connectivity index (χ2n) is 20.1. The van der Waals surface area contributed by atoms with E-state index in [2.05, 4.69) is 80.8 Å². The first-order valence-electron chi connectivity index (χ1n) is 20.8. The predicted molar refractivity (Wildman–Crippen MR) is 199 cm³/mol. The molecule has 1 aromatic rings. The normalized spacial score (nSPS) is 46.2. The number of carbonyl (C=O) groups is 1. The van der Waals surface area contributed by atoms with Gasteiger partial charge in [-0.2, -0.15) is 0 Å². The van der Waals surface area contributed by atoms with Gasteiger partial charge in [0.25, 0.3) is 0 Å². The van der Waals surface area contributed by atoms with E-state index in [1.807, 2.05) is 0 Å². The van der Waals surface area contributed by atoms with Crippen molar-refractivity contribution in [3.05, 3.63) is 36.2 Å². The van der Waals surface area contributed by atoms with E-state index in [9.17, 15) is 5.11 Å². The van der Waals surface area contributed by atoms with Crippen molar-refractivity contribution in [2.24, 2.45) is 56.7 Å². The number of allylic oxidation sites excluding steroid dienone is 1. The molecule has 0 bridgehead atoms. The zero-order chi connectivity index (χ0) is 34.6. The summed E-state index contributed by atoms with van der Waals surface area (Å²) in [6, 6.07) is 4.84. The molecule has 3 heterocycles. The molecule has 1 aromatic heterocycles. The lowest BCUT2D eigenvalue weighted by molar-refractivity contribution is -0.247. The first-order valence-corrected chi connectivity index (χ1v) is 20.8. The first-order chi connectivity index (χ1) is 23.3. The van der Waals surface area contributed by atoms with Crippen LogP contribution >= 0.6 is 0 Å². The lowest BCUT2D eigenvalue weighted by Gasteiger charge is -2.73. The molecule has 1 amide bonds. The second-order valence-corrected chi connectivity index (χ2v) is 20.1. The Morgan fingerprint density at radius 1 is 0.857 bits per heavy atom. The van der Waals surface area contributed by atoms with Gasteiger partial charge in [-0.25, -0.2) is 0 Å². The summed E-state index contributed by atoms with van der Waals surface area (Å²) in [4.78, 5) is 20.4. The topological polar surface area (TPSA) is 48.7 Å². The minimum Gasteiger partial charge on any atom is -0.393 e. The van der Waals surface area contributed by atoms with Gasteiger partial charge in [0.15, 0.2) is 0 Å². The third kappa shape index (κ3) is 4.92. The minimum atomic E-state index is -0.229. The largest absolute Gasteiger partial charge is 0.393 e. The molecule has 5 saturated carbocycles. The smallest absolute Gasteiger partial charge is 0.229 e. The molecule has 2 aliphatic heterocycles. The lowest BCUT2D eigenvalue weighted by atomic mass is 9.32. The van der Waals surface area contributed by atoms with Crippen LogP contribution in [0.4, 0.5) is 0 Å². The fourth-order valence-electron chi connectivity index (χ4n) is 15.2. The summed E-state index contributed by atoms with van der Waals surface area (Å²) in [5, 5.41) is 11.2. The van der Waals surface area contributed by atoms with Crippen LogP contribution in [0.5, 0.6) is 0 Å². The third-order valence-electron chi connectivity index (χ3n) is 18.0. The van der Waals surface area contributed by atoms with Crippen LogP contribution in [-0.4, -0.2) is 57.2 Å². The van der Waals surface area contributed by atoms with Gasteiger partial charge in [-0.1, -0.05) is 46.8 Å². The maximum absolute atomic E-state index is 15.4. The molecule has 7 fully saturated rings. The Hall–Kier alpha value is -1.59. The van der Waals surface area contributed by atoms with Gasteiger partial charge in [0, 0.05) is 37.6 Å². The molecule has 5 heteroatoms. The molecule has 5 nitrogen and oxygen atoms in total. The highest BCUT2D eigenvalue weighted by Crippen LogP contribution is 2.77. The summed E-state index contributed by atoms with van der Waals surface area (Å²) in [5.41, 5.74) is 3.28. The monoisotopic (exact) mass is 672 g/mol. The van der Waals surface area contributed by atoms with Crippen LogP contribution in [0.3, 0.4) is 0 Å². The maximum atomic E-state index is 15.4. The number of rotatable bonds is 6. The number of nitrogens with zero attached hydrogens (tertiary/aromatic N) is 3. The number of hydrogen-bond donors (Lipinski definition) is 1. The molecular weight excluding hydrogens is 603 g/mol. The number of aliphatic hydroxyl groups excluding tert-OH is 1. The molecule has 8 rings (SSSR count). The molecule has 0 aromatic carbocycles. The van der Waals surface area contributed by atoms with Crippen molar-refractivity contribution >= 4 is 5.91 Å². The summed E-state index contributed by atoms with van der Waals surface area (Å²) >= 11 is 0. The fourth-order valence-corrected chi connectivity index (χ4v) is 15.2. The van der Waals surface area contributed by atoms with E-state index in [1.54, 1.807) is 0 Å². The van der Waals surface area contributed by atoms with Gasteiger partial charge in [0.2, 0.25) is 5.91 Å². The number of aromatic nitrogens is 1. The molecule has 0 unspecified atom stereocenters. The van der Waals surface area contributed by atoms with Crippen LogP contribution in [0.2, 0.25) is 0 Å². The average Bonchev–Trinajstić information content (AvgIpc) is 3.88. The first kappa shape index (κ1) is 34.5. The van der Waals surface area contributed by atoms with Crippen LogP contribution in [0.25, 0.3) is 0 Å². The van der Waals surface area contributed by atoms with Crippen molar-refractivity contribution in [1.82, 2.24) is 14.4 Å². The van der Waals surface area contributed by atoms with Gasteiger partial charge in [-0.3, -0.25) is 9.69 Å². The molecule has 11 atom stereocenters. The maximum Gasteiger partial charge on any atom is 0.229 e. The van der Waals surface area contributed by atoms with Crippen molar-refractivity contribution in [3.8, 4) is 0 Å². The zero-order valence-corrected chi connectivity index (χ0v) is 32.1. The van der Waals surface area contributed by atoms with Crippen LogP contribution < -0.4 is 0 Å². The van der Waals surface area contributed by atoms with Gasteiger partial charge in [-0.15, -0.1) is 0 Å². The molecule has 272 valence electrons.